The number of carbonyl (C=O) groups is 1. The van der Waals surface area contributed by atoms with Crippen LogP contribution in [0, 0.1) is 0 Å². The molecule has 3 rings (SSSR count). The van der Waals surface area contributed by atoms with Crippen LogP contribution in [0.4, 0.5) is 0 Å². The minimum atomic E-state index is -1.01. The number of carbonyl (C=O) groups excluding carboxylic acids is 1. The molecule has 3 atom stereocenters. The zero-order valence-corrected chi connectivity index (χ0v) is 9.85. The summed E-state index contributed by atoms with van der Waals surface area (Å²) in [7, 11) is 0. The van der Waals surface area contributed by atoms with Crippen molar-refractivity contribution in [2.75, 3.05) is 6.61 Å². The standard InChI is InChI=1S/C13H12O6/c14-9-10(15)12(16)19-11(9)8-6-17-13(18-8)7-4-2-1-3-5-7/h1-5,8,11,13-15H,6H2/t8-,11-,13-/m1/s1. The van der Waals surface area contributed by atoms with Gasteiger partial charge in [0.1, 0.15) is 6.10 Å². The molecule has 0 radical (unpaired) electrons. The third-order valence-electron chi connectivity index (χ3n) is 3.06. The number of esters is 1. The van der Waals surface area contributed by atoms with Crippen LogP contribution in [-0.2, 0) is 19.0 Å². The number of aliphatic hydroxyl groups excluding tert-OH is 2. The number of benzene rings is 1. The summed E-state index contributed by atoms with van der Waals surface area (Å²) < 4.78 is 15.9. The Hall–Kier alpha value is -2.05. The Morgan fingerprint density at radius 3 is 2.53 bits per heavy atom. The van der Waals surface area contributed by atoms with Crippen molar-refractivity contribution < 1.29 is 29.2 Å². The number of cyclic esters (lactones) is 1. The fourth-order valence-electron chi connectivity index (χ4n) is 2.08. The van der Waals surface area contributed by atoms with Crippen LogP contribution in [0.2, 0.25) is 0 Å². The maximum absolute atomic E-state index is 11.1. The molecule has 0 bridgehead atoms. The molecule has 6 heteroatoms. The van der Waals surface area contributed by atoms with Crippen LogP contribution in [-0.4, -0.2) is 35.0 Å². The lowest BCUT2D eigenvalue weighted by Crippen LogP contribution is -2.30. The lowest BCUT2D eigenvalue weighted by molar-refractivity contribution is -0.149. The summed E-state index contributed by atoms with van der Waals surface area (Å²) >= 11 is 0. The fraction of sp³-hybridized carbons (Fsp3) is 0.308. The summed E-state index contributed by atoms with van der Waals surface area (Å²) in [4.78, 5) is 11.1. The van der Waals surface area contributed by atoms with E-state index >= 15 is 0 Å². The molecule has 1 saturated heterocycles. The summed E-state index contributed by atoms with van der Waals surface area (Å²) in [6.07, 6.45) is -2.22. The number of rotatable bonds is 2. The van der Waals surface area contributed by atoms with Gasteiger partial charge in [-0.3, -0.25) is 0 Å². The zero-order chi connectivity index (χ0) is 13.4. The molecule has 0 amide bonds. The number of hydrogen-bond donors (Lipinski definition) is 2. The van der Waals surface area contributed by atoms with Gasteiger partial charge in [-0.05, 0) is 0 Å². The van der Waals surface area contributed by atoms with Gasteiger partial charge in [0.25, 0.3) is 0 Å². The summed E-state index contributed by atoms with van der Waals surface area (Å²) in [6.45, 7) is 0.162. The fourth-order valence-corrected chi connectivity index (χ4v) is 2.08. The summed E-state index contributed by atoms with van der Waals surface area (Å²) in [5, 5.41) is 18.8. The topological polar surface area (TPSA) is 85.2 Å². The number of hydrogen-bond acceptors (Lipinski definition) is 6. The molecule has 6 nitrogen and oxygen atoms in total. The zero-order valence-electron chi connectivity index (χ0n) is 9.85. The van der Waals surface area contributed by atoms with Crippen LogP contribution in [0.5, 0.6) is 0 Å². The predicted octanol–water partition coefficient (Wildman–Crippen LogP) is 1.35. The van der Waals surface area contributed by atoms with Gasteiger partial charge in [0.05, 0.1) is 6.61 Å². The molecule has 0 aromatic heterocycles. The van der Waals surface area contributed by atoms with Crippen molar-refractivity contribution in [1.29, 1.82) is 0 Å². The molecule has 0 aliphatic carbocycles. The highest BCUT2D eigenvalue weighted by Gasteiger charge is 2.44. The van der Waals surface area contributed by atoms with E-state index in [1.165, 1.54) is 0 Å². The van der Waals surface area contributed by atoms with Crippen molar-refractivity contribution in [3.63, 3.8) is 0 Å². The first kappa shape index (κ1) is 12.0. The lowest BCUT2D eigenvalue weighted by Gasteiger charge is -2.16. The molecule has 2 N–H and O–H groups in total. The Labute approximate surface area is 108 Å². The van der Waals surface area contributed by atoms with E-state index in [2.05, 4.69) is 0 Å². The Bertz CT molecular complexity index is 523. The number of ether oxygens (including phenoxy) is 3. The maximum Gasteiger partial charge on any atom is 0.377 e. The molecule has 2 heterocycles. The van der Waals surface area contributed by atoms with Crippen molar-refractivity contribution in [2.45, 2.75) is 18.5 Å². The summed E-state index contributed by atoms with van der Waals surface area (Å²) in [5.74, 6) is -2.22. The predicted molar refractivity (Wildman–Crippen MR) is 62.2 cm³/mol. The lowest BCUT2D eigenvalue weighted by atomic mass is 10.2. The molecule has 0 saturated carbocycles. The first-order valence-corrected chi connectivity index (χ1v) is 5.82. The molecule has 1 aromatic rings. The maximum atomic E-state index is 11.1. The van der Waals surface area contributed by atoms with Gasteiger partial charge in [0, 0.05) is 5.56 Å². The van der Waals surface area contributed by atoms with Crippen LogP contribution in [0.15, 0.2) is 41.9 Å². The molecule has 2 aliphatic heterocycles. The summed E-state index contributed by atoms with van der Waals surface area (Å²) in [5.41, 5.74) is 0.835. The van der Waals surface area contributed by atoms with Crippen LogP contribution < -0.4 is 0 Å². The molecule has 1 aromatic carbocycles. The normalized spacial score (nSPS) is 30.7. The van der Waals surface area contributed by atoms with Crippen LogP contribution in [0.25, 0.3) is 0 Å². The van der Waals surface area contributed by atoms with E-state index < -0.39 is 36.0 Å². The molecule has 0 unspecified atom stereocenters. The Morgan fingerprint density at radius 1 is 1.16 bits per heavy atom. The first-order chi connectivity index (χ1) is 9.16. The van der Waals surface area contributed by atoms with E-state index in [0.717, 1.165) is 5.56 Å². The Kier molecular flexibility index (Phi) is 2.88. The van der Waals surface area contributed by atoms with Gasteiger partial charge < -0.3 is 24.4 Å². The quantitative estimate of drug-likeness (QED) is 0.784. The van der Waals surface area contributed by atoms with Crippen LogP contribution in [0.1, 0.15) is 11.9 Å². The van der Waals surface area contributed by atoms with Crippen molar-refractivity contribution in [3.8, 4) is 0 Å². The second-order valence-corrected chi connectivity index (χ2v) is 4.31. The highest BCUT2D eigenvalue weighted by atomic mass is 16.7. The van der Waals surface area contributed by atoms with Gasteiger partial charge in [0.15, 0.2) is 18.2 Å². The van der Waals surface area contributed by atoms with Crippen molar-refractivity contribution in [3.05, 3.63) is 47.4 Å². The monoisotopic (exact) mass is 264 g/mol. The van der Waals surface area contributed by atoms with Crippen LogP contribution in [0.3, 0.4) is 0 Å². The highest BCUT2D eigenvalue weighted by Crippen LogP contribution is 2.33. The average molecular weight is 264 g/mol. The van der Waals surface area contributed by atoms with Crippen molar-refractivity contribution in [1.82, 2.24) is 0 Å². The summed E-state index contributed by atoms with van der Waals surface area (Å²) in [6, 6.07) is 9.28. The largest absolute Gasteiger partial charge is 0.505 e. The van der Waals surface area contributed by atoms with Crippen molar-refractivity contribution in [2.24, 2.45) is 0 Å². The second kappa shape index (κ2) is 4.56. The first-order valence-electron chi connectivity index (χ1n) is 5.82. The smallest absolute Gasteiger partial charge is 0.377 e. The third kappa shape index (κ3) is 2.05. The van der Waals surface area contributed by atoms with Gasteiger partial charge in [-0.2, -0.15) is 0 Å². The molecule has 1 fully saturated rings. The minimum Gasteiger partial charge on any atom is -0.505 e. The highest BCUT2D eigenvalue weighted by molar-refractivity contribution is 5.89. The van der Waals surface area contributed by atoms with E-state index in [4.69, 9.17) is 14.2 Å². The molecule has 0 spiro atoms. The van der Waals surface area contributed by atoms with Gasteiger partial charge in [0.2, 0.25) is 5.76 Å². The Morgan fingerprint density at radius 2 is 1.89 bits per heavy atom. The third-order valence-corrected chi connectivity index (χ3v) is 3.06. The van der Waals surface area contributed by atoms with Gasteiger partial charge in [-0.15, -0.1) is 0 Å². The molecule has 2 aliphatic rings. The molecular weight excluding hydrogens is 252 g/mol. The number of aliphatic hydroxyl groups is 2. The van der Waals surface area contributed by atoms with Gasteiger partial charge in [-0.1, -0.05) is 30.3 Å². The van der Waals surface area contributed by atoms with E-state index in [0.29, 0.717) is 0 Å². The van der Waals surface area contributed by atoms with Gasteiger partial charge in [-0.25, -0.2) is 4.79 Å². The molecule has 100 valence electrons. The average Bonchev–Trinajstić information content (AvgIpc) is 3.01. The SMILES string of the molecule is O=C1O[C@H]([C@H]2CO[C@@H](c3ccccc3)O2)C(O)=C1O. The van der Waals surface area contributed by atoms with E-state index in [1.54, 1.807) is 0 Å². The van der Waals surface area contributed by atoms with E-state index in [1.807, 2.05) is 30.3 Å². The van der Waals surface area contributed by atoms with Crippen LogP contribution >= 0.6 is 0 Å². The molecular formula is C13H12O6. The van der Waals surface area contributed by atoms with E-state index in [9.17, 15) is 15.0 Å². The second-order valence-electron chi connectivity index (χ2n) is 4.31. The van der Waals surface area contributed by atoms with Gasteiger partial charge >= 0.3 is 5.97 Å². The van der Waals surface area contributed by atoms with E-state index in [-0.39, 0.29) is 6.61 Å². The minimum absolute atomic E-state index is 0.162. The Balaban J connectivity index is 1.72. The van der Waals surface area contributed by atoms with Crippen molar-refractivity contribution >= 4 is 5.97 Å². The molecule has 19 heavy (non-hydrogen) atoms.